The zero-order chi connectivity index (χ0) is 12.0. The van der Waals surface area contributed by atoms with Crippen LogP contribution in [0.3, 0.4) is 0 Å². The van der Waals surface area contributed by atoms with Crippen LogP contribution in [0.5, 0.6) is 5.75 Å². The number of hydrogen-bond donors (Lipinski definition) is 1. The normalized spacial score (nSPS) is 9.75. The summed E-state index contributed by atoms with van der Waals surface area (Å²) in [6.07, 6.45) is 1.01. The molecule has 84 valence electrons. The summed E-state index contributed by atoms with van der Waals surface area (Å²) in [7, 11) is 0. The first kappa shape index (κ1) is 12.1. The smallest absolute Gasteiger partial charge is 0.245 e. The van der Waals surface area contributed by atoms with Crippen molar-refractivity contribution in [2.45, 2.75) is 19.3 Å². The molecule has 0 spiro atoms. The van der Waals surface area contributed by atoms with E-state index >= 15 is 0 Å². The lowest BCUT2D eigenvalue weighted by atomic mass is 10.1. The molecule has 1 aromatic carbocycles. The van der Waals surface area contributed by atoms with E-state index in [0.29, 0.717) is 18.4 Å². The van der Waals surface area contributed by atoms with Crippen LogP contribution < -0.4 is 0 Å². The summed E-state index contributed by atoms with van der Waals surface area (Å²) in [5, 5.41) is 9.04. The number of hydrogen-bond acceptors (Lipinski definition) is 3. The highest BCUT2D eigenvalue weighted by molar-refractivity contribution is 5.96. The van der Waals surface area contributed by atoms with Gasteiger partial charge in [-0.1, -0.05) is 0 Å². The molecule has 0 saturated carbocycles. The van der Waals surface area contributed by atoms with Crippen molar-refractivity contribution >= 4 is 18.4 Å². The van der Waals surface area contributed by atoms with Crippen molar-refractivity contribution in [2.24, 2.45) is 4.99 Å². The fourth-order valence-electron chi connectivity index (χ4n) is 1.27. The number of nitrogens with zero attached hydrogens (tertiary/aromatic N) is 1. The SMILES string of the molecule is C=NC(=O)CCCC(=O)c1ccc(O)cc1. The number of carbonyl (C=O) groups is 2. The number of aromatic hydroxyl groups is 1. The van der Waals surface area contributed by atoms with Crippen molar-refractivity contribution in [3.05, 3.63) is 29.8 Å². The second-order valence-electron chi connectivity index (χ2n) is 3.38. The van der Waals surface area contributed by atoms with Gasteiger partial charge in [0, 0.05) is 18.4 Å². The molecular weight excluding hydrogens is 206 g/mol. The lowest BCUT2D eigenvalue weighted by molar-refractivity contribution is -0.117. The highest BCUT2D eigenvalue weighted by Crippen LogP contribution is 2.12. The Kier molecular flexibility index (Phi) is 4.39. The Morgan fingerprint density at radius 2 is 1.81 bits per heavy atom. The number of rotatable bonds is 5. The van der Waals surface area contributed by atoms with Crippen LogP contribution >= 0.6 is 0 Å². The van der Waals surface area contributed by atoms with Gasteiger partial charge >= 0.3 is 0 Å². The number of phenols is 1. The average molecular weight is 219 g/mol. The fraction of sp³-hybridized carbons (Fsp3) is 0.250. The summed E-state index contributed by atoms with van der Waals surface area (Å²) in [5.74, 6) is -0.210. The van der Waals surface area contributed by atoms with Crippen molar-refractivity contribution in [1.82, 2.24) is 0 Å². The van der Waals surface area contributed by atoms with Gasteiger partial charge in [-0.3, -0.25) is 9.59 Å². The Morgan fingerprint density at radius 1 is 1.19 bits per heavy atom. The van der Waals surface area contributed by atoms with Crippen LogP contribution in [0.25, 0.3) is 0 Å². The highest BCUT2D eigenvalue weighted by atomic mass is 16.3. The topological polar surface area (TPSA) is 66.7 Å². The Balaban J connectivity index is 2.44. The Labute approximate surface area is 93.6 Å². The summed E-state index contributed by atoms with van der Waals surface area (Å²) in [6, 6.07) is 6.05. The number of benzene rings is 1. The third kappa shape index (κ3) is 3.65. The van der Waals surface area contributed by atoms with Crippen LogP contribution in [0, 0.1) is 0 Å². The Hall–Kier alpha value is -1.97. The van der Waals surface area contributed by atoms with Crippen molar-refractivity contribution in [2.75, 3.05) is 0 Å². The summed E-state index contributed by atoms with van der Waals surface area (Å²) in [6.45, 7) is 3.11. The van der Waals surface area contributed by atoms with Gasteiger partial charge in [0.1, 0.15) is 5.75 Å². The number of ketones is 1. The summed E-state index contributed by atoms with van der Waals surface area (Å²) < 4.78 is 0. The first-order valence-electron chi connectivity index (χ1n) is 4.95. The molecule has 1 rings (SSSR count). The van der Waals surface area contributed by atoms with E-state index in [-0.39, 0.29) is 23.9 Å². The van der Waals surface area contributed by atoms with Gasteiger partial charge in [0.05, 0.1) is 0 Å². The van der Waals surface area contributed by atoms with Gasteiger partial charge in [-0.05, 0) is 37.4 Å². The first-order valence-corrected chi connectivity index (χ1v) is 4.95. The van der Waals surface area contributed by atoms with Gasteiger partial charge in [-0.2, -0.15) is 0 Å². The molecule has 4 nitrogen and oxygen atoms in total. The molecule has 0 aromatic heterocycles. The quantitative estimate of drug-likeness (QED) is 0.608. The van der Waals surface area contributed by atoms with Gasteiger partial charge in [0.25, 0.3) is 0 Å². The molecular formula is C12H13NO3. The zero-order valence-corrected chi connectivity index (χ0v) is 8.85. The van der Waals surface area contributed by atoms with Crippen LogP contribution in [0.4, 0.5) is 0 Å². The maximum atomic E-state index is 11.6. The minimum Gasteiger partial charge on any atom is -0.508 e. The van der Waals surface area contributed by atoms with E-state index in [4.69, 9.17) is 5.11 Å². The number of carbonyl (C=O) groups excluding carboxylic acids is 2. The fourth-order valence-corrected chi connectivity index (χ4v) is 1.27. The van der Waals surface area contributed by atoms with E-state index in [1.165, 1.54) is 12.1 Å². The monoisotopic (exact) mass is 219 g/mol. The largest absolute Gasteiger partial charge is 0.508 e. The summed E-state index contributed by atoms with van der Waals surface area (Å²) >= 11 is 0. The molecule has 0 atom stereocenters. The Bertz CT molecular complexity index is 395. The van der Waals surface area contributed by atoms with Crippen LogP contribution in [0.15, 0.2) is 29.3 Å². The molecule has 16 heavy (non-hydrogen) atoms. The molecule has 0 heterocycles. The van der Waals surface area contributed by atoms with Crippen molar-refractivity contribution < 1.29 is 14.7 Å². The molecule has 0 saturated heterocycles. The molecule has 0 aliphatic heterocycles. The number of Topliss-reactive ketones (excluding diaryl/α,β-unsaturated/α-hetero) is 1. The summed E-state index contributed by atoms with van der Waals surface area (Å²) in [5.41, 5.74) is 0.539. The van der Waals surface area contributed by atoms with Crippen molar-refractivity contribution in [3.8, 4) is 5.75 Å². The van der Waals surface area contributed by atoms with E-state index in [1.807, 2.05) is 0 Å². The van der Waals surface area contributed by atoms with Crippen LogP contribution in [0.1, 0.15) is 29.6 Å². The minimum atomic E-state index is -0.293. The highest BCUT2D eigenvalue weighted by Gasteiger charge is 2.06. The average Bonchev–Trinajstić information content (AvgIpc) is 2.29. The third-order valence-electron chi connectivity index (χ3n) is 2.16. The standard InChI is InChI=1S/C12H13NO3/c1-13-12(16)4-2-3-11(15)9-5-7-10(14)8-6-9/h5-8,14H,1-4H2. The van der Waals surface area contributed by atoms with Crippen LogP contribution in [-0.2, 0) is 4.79 Å². The minimum absolute atomic E-state index is 0.0446. The molecule has 0 unspecified atom stereocenters. The molecule has 0 bridgehead atoms. The maximum absolute atomic E-state index is 11.6. The number of amides is 1. The zero-order valence-electron chi connectivity index (χ0n) is 8.85. The maximum Gasteiger partial charge on any atom is 0.245 e. The molecule has 1 aromatic rings. The van der Waals surface area contributed by atoms with Crippen LogP contribution in [0.2, 0.25) is 0 Å². The lowest BCUT2D eigenvalue weighted by Crippen LogP contribution is -2.00. The summed E-state index contributed by atoms with van der Waals surface area (Å²) in [4.78, 5) is 25.6. The number of aliphatic imine (C=N–C) groups is 1. The van der Waals surface area contributed by atoms with Crippen molar-refractivity contribution in [3.63, 3.8) is 0 Å². The van der Waals surface area contributed by atoms with Crippen molar-refractivity contribution in [1.29, 1.82) is 0 Å². The molecule has 0 aliphatic rings. The first-order chi connectivity index (χ1) is 7.63. The predicted molar refractivity (Wildman–Crippen MR) is 60.8 cm³/mol. The van der Waals surface area contributed by atoms with E-state index in [0.717, 1.165) is 0 Å². The number of phenolic OH excluding ortho intramolecular Hbond substituents is 1. The van der Waals surface area contributed by atoms with E-state index < -0.39 is 0 Å². The van der Waals surface area contributed by atoms with Gasteiger partial charge in [0.15, 0.2) is 5.78 Å². The Morgan fingerprint density at radius 3 is 2.38 bits per heavy atom. The molecule has 4 heteroatoms. The van der Waals surface area contributed by atoms with Gasteiger partial charge in [-0.15, -0.1) is 0 Å². The lowest BCUT2D eigenvalue weighted by Gasteiger charge is -2.00. The van der Waals surface area contributed by atoms with Gasteiger partial charge in [0.2, 0.25) is 5.91 Å². The molecule has 0 fully saturated rings. The van der Waals surface area contributed by atoms with Crippen LogP contribution in [-0.4, -0.2) is 23.5 Å². The van der Waals surface area contributed by atoms with Gasteiger partial charge < -0.3 is 5.11 Å². The van der Waals surface area contributed by atoms with E-state index in [1.54, 1.807) is 12.1 Å². The molecule has 0 radical (unpaired) electrons. The second kappa shape index (κ2) is 5.80. The molecule has 0 aliphatic carbocycles. The predicted octanol–water partition coefficient (Wildman–Crippen LogP) is 1.97. The molecule has 1 N–H and O–H groups in total. The van der Waals surface area contributed by atoms with E-state index in [9.17, 15) is 9.59 Å². The van der Waals surface area contributed by atoms with Gasteiger partial charge in [-0.25, -0.2) is 4.99 Å². The third-order valence-corrected chi connectivity index (χ3v) is 2.16. The van der Waals surface area contributed by atoms with E-state index in [2.05, 4.69) is 11.7 Å². The second-order valence-corrected chi connectivity index (χ2v) is 3.38. The molecule has 1 amide bonds.